The van der Waals surface area contributed by atoms with E-state index in [4.69, 9.17) is 9.15 Å². The van der Waals surface area contributed by atoms with Crippen molar-refractivity contribution in [1.29, 1.82) is 0 Å². The van der Waals surface area contributed by atoms with Crippen LogP contribution in [0.15, 0.2) is 52.9 Å². The zero-order valence-electron chi connectivity index (χ0n) is 18.9. The average Bonchev–Trinajstić information content (AvgIpc) is 3.19. The van der Waals surface area contributed by atoms with Crippen LogP contribution in [0.25, 0.3) is 23.1 Å². The van der Waals surface area contributed by atoms with E-state index in [1.54, 1.807) is 0 Å². The number of furan rings is 1. The molecule has 2 heterocycles. The molecular weight excluding hydrogens is 386 g/mol. The monoisotopic (exact) mass is 419 g/mol. The fourth-order valence-electron chi connectivity index (χ4n) is 3.82. The molecule has 0 bridgehead atoms. The molecule has 5 nitrogen and oxygen atoms in total. The molecule has 0 amide bonds. The van der Waals surface area contributed by atoms with E-state index in [1.165, 1.54) is 5.69 Å². The van der Waals surface area contributed by atoms with Gasteiger partial charge in [0.15, 0.2) is 0 Å². The van der Waals surface area contributed by atoms with Crippen LogP contribution in [0.4, 0.5) is 5.69 Å². The smallest absolute Gasteiger partial charge is 0.138 e. The summed E-state index contributed by atoms with van der Waals surface area (Å²) < 4.78 is 12.0. The molecule has 31 heavy (non-hydrogen) atoms. The number of fused-ring (bicyclic) bond motifs is 1. The van der Waals surface area contributed by atoms with Gasteiger partial charge in [0.05, 0.1) is 6.61 Å². The summed E-state index contributed by atoms with van der Waals surface area (Å²) >= 11 is 0. The summed E-state index contributed by atoms with van der Waals surface area (Å²) in [5.74, 6) is 1.72. The maximum atomic E-state index is 6.02. The first kappa shape index (κ1) is 21.5. The predicted octanol–water partition coefficient (Wildman–Crippen LogP) is 4.69. The first-order valence-corrected chi connectivity index (χ1v) is 11.1. The van der Waals surface area contributed by atoms with Gasteiger partial charge in [-0.05, 0) is 55.4 Å². The van der Waals surface area contributed by atoms with Gasteiger partial charge in [0, 0.05) is 64.0 Å². The molecule has 4 rings (SSSR count). The SMILES string of the molecule is CN1CCN(CCCOc2ccc3cc(C=Cc4ccc(N(C)C)cc4)oc3c2)CC1. The van der Waals surface area contributed by atoms with Gasteiger partial charge in [-0.3, -0.25) is 0 Å². The van der Waals surface area contributed by atoms with Crippen molar-refractivity contribution in [2.75, 3.05) is 65.4 Å². The minimum Gasteiger partial charge on any atom is -0.493 e. The Bertz CT molecular complexity index is 999. The Labute approximate surface area is 185 Å². The first-order valence-electron chi connectivity index (χ1n) is 11.1. The number of nitrogens with zero attached hydrogens (tertiary/aromatic N) is 3. The van der Waals surface area contributed by atoms with Gasteiger partial charge >= 0.3 is 0 Å². The summed E-state index contributed by atoms with van der Waals surface area (Å²) in [7, 11) is 6.28. The standard InChI is InChI=1S/C26H33N3O2/c1-27(2)23-9-5-21(6-10-23)7-11-25-19-22-8-12-24(20-26(22)31-25)30-18-4-13-29-16-14-28(3)15-17-29/h5-12,19-20H,4,13-18H2,1-3H3. The lowest BCUT2D eigenvalue weighted by Gasteiger charge is -2.32. The summed E-state index contributed by atoms with van der Waals surface area (Å²) in [6.45, 7) is 6.47. The summed E-state index contributed by atoms with van der Waals surface area (Å²) in [5.41, 5.74) is 3.20. The Morgan fingerprint density at radius 1 is 0.968 bits per heavy atom. The fraction of sp³-hybridized carbons (Fsp3) is 0.385. The van der Waals surface area contributed by atoms with Crippen LogP contribution in [-0.2, 0) is 0 Å². The third-order valence-electron chi connectivity index (χ3n) is 5.84. The molecule has 0 radical (unpaired) electrons. The van der Waals surface area contributed by atoms with Crippen molar-refractivity contribution in [3.05, 3.63) is 59.9 Å². The molecule has 3 aromatic rings. The minimum atomic E-state index is 0.730. The lowest BCUT2D eigenvalue weighted by atomic mass is 10.1. The largest absolute Gasteiger partial charge is 0.493 e. The van der Waals surface area contributed by atoms with E-state index in [0.717, 1.165) is 73.8 Å². The highest BCUT2D eigenvalue weighted by Crippen LogP contribution is 2.26. The van der Waals surface area contributed by atoms with E-state index in [0.29, 0.717) is 0 Å². The van der Waals surface area contributed by atoms with Gasteiger partial charge in [0.1, 0.15) is 17.1 Å². The van der Waals surface area contributed by atoms with Crippen LogP contribution in [0, 0.1) is 0 Å². The molecule has 0 spiro atoms. The second kappa shape index (κ2) is 10.0. The number of piperazine rings is 1. The minimum absolute atomic E-state index is 0.730. The van der Waals surface area contributed by atoms with E-state index < -0.39 is 0 Å². The molecule has 0 atom stereocenters. The van der Waals surface area contributed by atoms with Gasteiger partial charge in [-0.1, -0.05) is 18.2 Å². The highest BCUT2D eigenvalue weighted by atomic mass is 16.5. The van der Waals surface area contributed by atoms with Crippen molar-refractivity contribution in [1.82, 2.24) is 9.80 Å². The molecule has 1 aliphatic rings. The second-order valence-electron chi connectivity index (χ2n) is 8.51. The lowest BCUT2D eigenvalue weighted by Crippen LogP contribution is -2.44. The van der Waals surface area contributed by atoms with Gasteiger partial charge in [-0.15, -0.1) is 0 Å². The lowest BCUT2D eigenvalue weighted by molar-refractivity contribution is 0.145. The summed E-state index contributed by atoms with van der Waals surface area (Å²) in [4.78, 5) is 7.00. The predicted molar refractivity (Wildman–Crippen MR) is 130 cm³/mol. The fourth-order valence-corrected chi connectivity index (χ4v) is 3.82. The molecule has 0 unspecified atom stereocenters. The Morgan fingerprint density at radius 2 is 1.74 bits per heavy atom. The normalized spacial score (nSPS) is 15.7. The van der Waals surface area contributed by atoms with Crippen LogP contribution < -0.4 is 9.64 Å². The zero-order chi connectivity index (χ0) is 21.6. The Kier molecular flexibility index (Phi) is 6.95. The second-order valence-corrected chi connectivity index (χ2v) is 8.51. The average molecular weight is 420 g/mol. The van der Waals surface area contributed by atoms with Crippen LogP contribution in [0.1, 0.15) is 17.7 Å². The maximum Gasteiger partial charge on any atom is 0.138 e. The maximum absolute atomic E-state index is 6.02. The Morgan fingerprint density at radius 3 is 2.48 bits per heavy atom. The molecule has 1 aliphatic heterocycles. The Balaban J connectivity index is 1.30. The van der Waals surface area contributed by atoms with Crippen LogP contribution in [0.3, 0.4) is 0 Å². The van der Waals surface area contributed by atoms with Gasteiger partial charge in [0.2, 0.25) is 0 Å². The van der Waals surface area contributed by atoms with E-state index in [9.17, 15) is 0 Å². The van der Waals surface area contributed by atoms with E-state index in [-0.39, 0.29) is 0 Å². The molecule has 1 aromatic heterocycles. The molecule has 2 aromatic carbocycles. The van der Waals surface area contributed by atoms with Gasteiger partial charge in [-0.2, -0.15) is 0 Å². The van der Waals surface area contributed by atoms with Crippen molar-refractivity contribution in [3.8, 4) is 5.75 Å². The molecule has 5 heteroatoms. The van der Waals surface area contributed by atoms with Crippen LogP contribution in [-0.4, -0.2) is 70.3 Å². The quantitative estimate of drug-likeness (QED) is 0.495. The van der Waals surface area contributed by atoms with Gasteiger partial charge < -0.3 is 23.9 Å². The summed E-state index contributed by atoms with van der Waals surface area (Å²) in [5, 5.41) is 1.09. The number of ether oxygens (including phenoxy) is 1. The van der Waals surface area contributed by atoms with Crippen molar-refractivity contribution in [2.24, 2.45) is 0 Å². The molecular formula is C26H33N3O2. The van der Waals surface area contributed by atoms with E-state index in [2.05, 4.69) is 64.2 Å². The Hall–Kier alpha value is -2.76. The van der Waals surface area contributed by atoms with E-state index in [1.807, 2.05) is 32.3 Å². The van der Waals surface area contributed by atoms with Crippen molar-refractivity contribution >= 4 is 28.8 Å². The van der Waals surface area contributed by atoms with Crippen LogP contribution in [0.2, 0.25) is 0 Å². The molecule has 164 valence electrons. The number of benzene rings is 2. The highest BCUT2D eigenvalue weighted by molar-refractivity contribution is 5.83. The van der Waals surface area contributed by atoms with Gasteiger partial charge in [0.25, 0.3) is 0 Å². The molecule has 0 N–H and O–H groups in total. The molecule has 1 saturated heterocycles. The number of rotatable bonds is 8. The summed E-state index contributed by atoms with van der Waals surface area (Å²) in [6, 6.07) is 16.6. The summed E-state index contributed by atoms with van der Waals surface area (Å²) in [6.07, 6.45) is 5.13. The third-order valence-corrected chi connectivity index (χ3v) is 5.84. The van der Waals surface area contributed by atoms with Crippen molar-refractivity contribution < 1.29 is 9.15 Å². The van der Waals surface area contributed by atoms with Crippen molar-refractivity contribution in [2.45, 2.75) is 6.42 Å². The first-order chi connectivity index (χ1) is 15.1. The third kappa shape index (κ3) is 5.90. The zero-order valence-corrected chi connectivity index (χ0v) is 18.9. The molecule has 0 aliphatic carbocycles. The van der Waals surface area contributed by atoms with Crippen LogP contribution in [0.5, 0.6) is 5.75 Å². The highest BCUT2D eigenvalue weighted by Gasteiger charge is 2.13. The van der Waals surface area contributed by atoms with Gasteiger partial charge in [-0.25, -0.2) is 0 Å². The molecule has 0 saturated carbocycles. The van der Waals surface area contributed by atoms with E-state index >= 15 is 0 Å². The number of hydrogen-bond donors (Lipinski definition) is 0. The topological polar surface area (TPSA) is 32.1 Å². The molecule has 1 fully saturated rings. The number of likely N-dealkylation sites (N-methyl/N-ethyl adjacent to an activating group) is 1. The van der Waals surface area contributed by atoms with Crippen molar-refractivity contribution in [3.63, 3.8) is 0 Å². The number of hydrogen-bond acceptors (Lipinski definition) is 5. The number of anilines is 1. The van der Waals surface area contributed by atoms with Crippen LogP contribution >= 0.6 is 0 Å².